The van der Waals surface area contributed by atoms with Crippen LogP contribution >= 0.6 is 0 Å². The third kappa shape index (κ3) is 4.12. The Morgan fingerprint density at radius 3 is 2.68 bits per heavy atom. The van der Waals surface area contributed by atoms with Gasteiger partial charge in [-0.1, -0.05) is 42.5 Å². The van der Waals surface area contributed by atoms with Crippen LogP contribution in [0.25, 0.3) is 6.08 Å². The Kier molecular flexibility index (Phi) is 4.53. The number of hydrogen-bond acceptors (Lipinski definition) is 3. The lowest BCUT2D eigenvalue weighted by molar-refractivity contribution is 0.0652. The topological polar surface area (TPSA) is 59.7 Å². The van der Waals surface area contributed by atoms with E-state index < -0.39 is 5.97 Å². The molecule has 0 bridgehead atoms. The van der Waals surface area contributed by atoms with Crippen LogP contribution in [0.1, 0.15) is 21.9 Å². The van der Waals surface area contributed by atoms with Gasteiger partial charge in [0.05, 0.1) is 6.61 Å². The van der Waals surface area contributed by atoms with E-state index in [0.717, 1.165) is 5.56 Å². The van der Waals surface area contributed by atoms with Gasteiger partial charge in [0.1, 0.15) is 12.4 Å². The molecule has 19 heavy (non-hydrogen) atoms. The number of rotatable bonds is 6. The van der Waals surface area contributed by atoms with E-state index in [2.05, 4.69) is 0 Å². The highest BCUT2D eigenvalue weighted by Gasteiger charge is 2.08. The Bertz CT molecular complexity index is 555. The fraction of sp³-hybridized carbons (Fsp3) is 0.133. The summed E-state index contributed by atoms with van der Waals surface area (Å²) in [5.41, 5.74) is 1.11. The Balaban J connectivity index is 1.74. The number of furan rings is 1. The van der Waals surface area contributed by atoms with Gasteiger partial charge in [-0.3, -0.25) is 0 Å². The van der Waals surface area contributed by atoms with Gasteiger partial charge in [-0.25, -0.2) is 4.79 Å². The fourth-order valence-corrected chi connectivity index (χ4v) is 1.55. The van der Waals surface area contributed by atoms with Gasteiger partial charge in [-0.15, -0.1) is 0 Å². The van der Waals surface area contributed by atoms with Crippen LogP contribution in [0.3, 0.4) is 0 Å². The average Bonchev–Trinajstić information content (AvgIpc) is 2.89. The Morgan fingerprint density at radius 1 is 1.21 bits per heavy atom. The summed E-state index contributed by atoms with van der Waals surface area (Å²) in [4.78, 5) is 10.6. The zero-order chi connectivity index (χ0) is 13.5. The van der Waals surface area contributed by atoms with Crippen LogP contribution in [-0.4, -0.2) is 17.7 Å². The van der Waals surface area contributed by atoms with E-state index >= 15 is 0 Å². The molecule has 0 radical (unpaired) electrons. The number of hydrogen-bond donors (Lipinski definition) is 1. The second-order valence-corrected chi connectivity index (χ2v) is 3.90. The third-order valence-electron chi connectivity index (χ3n) is 2.44. The van der Waals surface area contributed by atoms with Crippen molar-refractivity contribution in [2.24, 2.45) is 0 Å². The van der Waals surface area contributed by atoms with E-state index in [0.29, 0.717) is 12.4 Å². The lowest BCUT2D eigenvalue weighted by Crippen LogP contribution is -1.93. The van der Waals surface area contributed by atoms with Crippen molar-refractivity contribution in [2.75, 3.05) is 6.61 Å². The number of carbonyl (C=O) groups is 1. The van der Waals surface area contributed by atoms with Crippen molar-refractivity contribution in [1.29, 1.82) is 0 Å². The molecule has 0 aliphatic rings. The number of ether oxygens (including phenoxy) is 1. The summed E-state index contributed by atoms with van der Waals surface area (Å²) in [7, 11) is 0. The second-order valence-electron chi connectivity index (χ2n) is 3.90. The van der Waals surface area contributed by atoms with Gasteiger partial charge in [0.25, 0.3) is 0 Å². The number of aromatic carboxylic acids is 1. The summed E-state index contributed by atoms with van der Waals surface area (Å²) in [5, 5.41) is 8.69. The molecule has 0 saturated heterocycles. The first-order valence-electron chi connectivity index (χ1n) is 5.87. The van der Waals surface area contributed by atoms with E-state index in [1.54, 1.807) is 6.07 Å². The van der Waals surface area contributed by atoms with Crippen molar-refractivity contribution in [3.8, 4) is 0 Å². The predicted molar refractivity (Wildman–Crippen MR) is 70.8 cm³/mol. The molecule has 1 aromatic carbocycles. The molecule has 0 fully saturated rings. The predicted octanol–water partition coefficient (Wildman–Crippen LogP) is 3.21. The van der Waals surface area contributed by atoms with E-state index in [1.807, 2.05) is 42.5 Å². The number of benzene rings is 1. The maximum Gasteiger partial charge on any atom is 0.371 e. The summed E-state index contributed by atoms with van der Waals surface area (Å²) < 4.78 is 10.4. The minimum Gasteiger partial charge on any atom is -0.475 e. The first-order valence-corrected chi connectivity index (χ1v) is 5.87. The molecule has 0 amide bonds. The maximum absolute atomic E-state index is 10.6. The second kappa shape index (κ2) is 6.56. The van der Waals surface area contributed by atoms with Gasteiger partial charge in [0.2, 0.25) is 5.76 Å². The smallest absolute Gasteiger partial charge is 0.371 e. The van der Waals surface area contributed by atoms with Crippen LogP contribution in [0.5, 0.6) is 0 Å². The third-order valence-corrected chi connectivity index (χ3v) is 2.44. The maximum atomic E-state index is 10.6. The molecular formula is C15H14O4. The molecule has 0 spiro atoms. The standard InChI is InChI=1S/C15H14O4/c16-15(17)14-9-8-13(19-14)11-18-10-4-7-12-5-2-1-3-6-12/h1-9H,10-11H2,(H,16,17)/b7-4+. The van der Waals surface area contributed by atoms with Crippen molar-refractivity contribution in [3.05, 3.63) is 65.6 Å². The molecule has 0 aliphatic carbocycles. The molecule has 0 atom stereocenters. The van der Waals surface area contributed by atoms with Gasteiger partial charge in [0.15, 0.2) is 0 Å². The van der Waals surface area contributed by atoms with Gasteiger partial charge in [0, 0.05) is 0 Å². The highest BCUT2D eigenvalue weighted by Crippen LogP contribution is 2.09. The van der Waals surface area contributed by atoms with Crippen LogP contribution < -0.4 is 0 Å². The zero-order valence-electron chi connectivity index (χ0n) is 10.3. The van der Waals surface area contributed by atoms with Gasteiger partial charge >= 0.3 is 5.97 Å². The van der Waals surface area contributed by atoms with Crippen LogP contribution in [0.4, 0.5) is 0 Å². The monoisotopic (exact) mass is 258 g/mol. The van der Waals surface area contributed by atoms with E-state index in [1.165, 1.54) is 6.07 Å². The molecule has 4 heteroatoms. The van der Waals surface area contributed by atoms with Crippen molar-refractivity contribution in [3.63, 3.8) is 0 Å². The molecule has 4 nitrogen and oxygen atoms in total. The number of carboxylic acid groups (broad SMARTS) is 1. The minimum absolute atomic E-state index is 0.0709. The van der Waals surface area contributed by atoms with Crippen molar-refractivity contribution >= 4 is 12.0 Å². The average molecular weight is 258 g/mol. The van der Waals surface area contributed by atoms with Crippen LogP contribution in [0.2, 0.25) is 0 Å². The van der Waals surface area contributed by atoms with Gasteiger partial charge < -0.3 is 14.3 Å². The fourth-order valence-electron chi connectivity index (χ4n) is 1.55. The van der Waals surface area contributed by atoms with E-state index in [4.69, 9.17) is 14.3 Å². The molecule has 0 aliphatic heterocycles. The minimum atomic E-state index is -1.07. The van der Waals surface area contributed by atoms with Crippen LogP contribution in [0.15, 0.2) is 53.0 Å². The molecule has 2 aromatic rings. The molecule has 2 rings (SSSR count). The summed E-state index contributed by atoms with van der Waals surface area (Å²) in [5.74, 6) is -0.640. The van der Waals surface area contributed by atoms with Gasteiger partial charge in [-0.05, 0) is 17.7 Å². The van der Waals surface area contributed by atoms with Crippen molar-refractivity contribution in [2.45, 2.75) is 6.61 Å². The molecule has 98 valence electrons. The quantitative estimate of drug-likeness (QED) is 0.808. The van der Waals surface area contributed by atoms with Crippen LogP contribution in [-0.2, 0) is 11.3 Å². The highest BCUT2D eigenvalue weighted by atomic mass is 16.5. The SMILES string of the molecule is O=C(O)c1ccc(COC/C=C/c2ccccc2)o1. The summed E-state index contributed by atoms with van der Waals surface area (Å²) in [6, 6.07) is 12.9. The Hall–Kier alpha value is -2.33. The van der Waals surface area contributed by atoms with Crippen molar-refractivity contribution < 1.29 is 19.1 Å². The molecule has 0 unspecified atom stereocenters. The largest absolute Gasteiger partial charge is 0.475 e. The summed E-state index contributed by atoms with van der Waals surface area (Å²) >= 11 is 0. The summed E-state index contributed by atoms with van der Waals surface area (Å²) in [6.07, 6.45) is 3.86. The normalized spacial score (nSPS) is 10.9. The molecular weight excluding hydrogens is 244 g/mol. The van der Waals surface area contributed by atoms with Crippen LogP contribution in [0, 0.1) is 0 Å². The molecule has 0 saturated carbocycles. The Labute approximate surface area is 110 Å². The van der Waals surface area contributed by atoms with E-state index in [9.17, 15) is 4.79 Å². The van der Waals surface area contributed by atoms with Crippen molar-refractivity contribution in [1.82, 2.24) is 0 Å². The number of carboxylic acids is 1. The highest BCUT2D eigenvalue weighted by molar-refractivity contribution is 5.84. The van der Waals surface area contributed by atoms with E-state index in [-0.39, 0.29) is 12.4 Å². The lowest BCUT2D eigenvalue weighted by atomic mass is 10.2. The molecule has 1 heterocycles. The Morgan fingerprint density at radius 2 is 2.00 bits per heavy atom. The molecule has 1 N–H and O–H groups in total. The zero-order valence-corrected chi connectivity index (χ0v) is 10.3. The first-order chi connectivity index (χ1) is 9.25. The first kappa shape index (κ1) is 13.1. The van der Waals surface area contributed by atoms with Gasteiger partial charge in [-0.2, -0.15) is 0 Å². The molecule has 1 aromatic heterocycles. The summed E-state index contributed by atoms with van der Waals surface area (Å²) in [6.45, 7) is 0.699. The lowest BCUT2D eigenvalue weighted by Gasteiger charge is -1.97.